The van der Waals surface area contributed by atoms with Crippen LogP contribution in [0, 0.1) is 5.92 Å². The van der Waals surface area contributed by atoms with Gasteiger partial charge in [0.25, 0.3) is 0 Å². The van der Waals surface area contributed by atoms with Crippen molar-refractivity contribution in [3.8, 4) is 0 Å². The number of nitrogens with zero attached hydrogens (tertiary/aromatic N) is 1. The summed E-state index contributed by atoms with van der Waals surface area (Å²) in [5, 5.41) is 0. The predicted molar refractivity (Wildman–Crippen MR) is 46.8 cm³/mol. The summed E-state index contributed by atoms with van der Waals surface area (Å²) >= 11 is 0. The highest BCUT2D eigenvalue weighted by Gasteiger charge is 2.41. The third-order valence-corrected chi connectivity index (χ3v) is 2.08. The van der Waals surface area contributed by atoms with Gasteiger partial charge in [0.15, 0.2) is 0 Å². The molecule has 0 saturated heterocycles. The van der Waals surface area contributed by atoms with Crippen LogP contribution in [-0.4, -0.2) is 43.4 Å². The molecule has 8 heteroatoms. The van der Waals surface area contributed by atoms with E-state index in [1.807, 2.05) is 0 Å². The topological polar surface area (TPSA) is 29.3 Å². The third kappa shape index (κ3) is 6.16. The Kier molecular flexibility index (Phi) is 5.54. The van der Waals surface area contributed by atoms with Gasteiger partial charge in [-0.05, 0) is 6.54 Å². The first kappa shape index (κ1) is 15.5. The summed E-state index contributed by atoms with van der Waals surface area (Å²) in [4.78, 5) is 0.686. The van der Waals surface area contributed by atoms with Gasteiger partial charge in [-0.3, -0.25) is 4.90 Å². The quantitative estimate of drug-likeness (QED) is 0.758. The highest BCUT2D eigenvalue weighted by molar-refractivity contribution is 4.74. The van der Waals surface area contributed by atoms with Crippen LogP contribution in [0.2, 0.25) is 0 Å². The molecule has 0 spiro atoms. The molecule has 0 aliphatic rings. The molecule has 0 heterocycles. The van der Waals surface area contributed by atoms with E-state index >= 15 is 0 Å². The fraction of sp³-hybridized carbons (Fsp3) is 1.00. The molecule has 0 aliphatic heterocycles. The van der Waals surface area contributed by atoms with E-state index in [-0.39, 0.29) is 6.54 Å². The summed E-state index contributed by atoms with van der Waals surface area (Å²) in [5.74, 6) is -1.92. The van der Waals surface area contributed by atoms with E-state index in [2.05, 4.69) is 0 Å². The fourth-order valence-corrected chi connectivity index (χ4v) is 1.18. The third-order valence-electron chi connectivity index (χ3n) is 2.08. The first-order valence-electron chi connectivity index (χ1n) is 4.66. The van der Waals surface area contributed by atoms with Crippen LogP contribution in [0.3, 0.4) is 0 Å². The summed E-state index contributed by atoms with van der Waals surface area (Å²) in [6.07, 6.45) is -9.06. The van der Waals surface area contributed by atoms with E-state index in [1.165, 1.54) is 6.92 Å². The fourth-order valence-electron chi connectivity index (χ4n) is 1.18. The second-order valence-corrected chi connectivity index (χ2v) is 3.42. The monoisotopic (exact) mass is 252 g/mol. The highest BCUT2D eigenvalue weighted by Crippen LogP contribution is 2.27. The van der Waals surface area contributed by atoms with Crippen molar-refractivity contribution >= 4 is 0 Å². The van der Waals surface area contributed by atoms with Crippen molar-refractivity contribution in [3.63, 3.8) is 0 Å². The largest absolute Gasteiger partial charge is 0.401 e. The lowest BCUT2D eigenvalue weighted by atomic mass is 10.1. The maximum atomic E-state index is 12.3. The molecule has 0 saturated carbocycles. The van der Waals surface area contributed by atoms with Gasteiger partial charge in [-0.1, -0.05) is 6.92 Å². The molecular formula is C8H14F6N2. The molecule has 0 radical (unpaired) electrons. The van der Waals surface area contributed by atoms with Crippen LogP contribution in [0.4, 0.5) is 26.3 Å². The van der Waals surface area contributed by atoms with Crippen LogP contribution >= 0.6 is 0 Å². The van der Waals surface area contributed by atoms with Crippen molar-refractivity contribution in [2.75, 3.05) is 26.2 Å². The van der Waals surface area contributed by atoms with Gasteiger partial charge >= 0.3 is 12.4 Å². The van der Waals surface area contributed by atoms with Crippen molar-refractivity contribution in [2.24, 2.45) is 11.7 Å². The highest BCUT2D eigenvalue weighted by atomic mass is 19.4. The van der Waals surface area contributed by atoms with E-state index in [0.717, 1.165) is 0 Å². The summed E-state index contributed by atoms with van der Waals surface area (Å²) in [5.41, 5.74) is 4.90. The van der Waals surface area contributed by atoms with Gasteiger partial charge in [-0.2, -0.15) is 26.3 Å². The SMILES string of the molecule is CCN(CC(CN)C(F)(F)F)CC(F)(F)F. The standard InChI is InChI=1S/C8H14F6N2/c1-2-16(5-7(9,10)11)4-6(3-15)8(12,13)14/h6H,2-5,15H2,1H3. The van der Waals surface area contributed by atoms with Gasteiger partial charge in [0.1, 0.15) is 0 Å². The van der Waals surface area contributed by atoms with Gasteiger partial charge < -0.3 is 5.73 Å². The molecule has 2 nitrogen and oxygen atoms in total. The predicted octanol–water partition coefficient (Wildman–Crippen LogP) is 2.01. The molecule has 0 rings (SSSR count). The Hall–Kier alpha value is -0.500. The Bertz CT molecular complexity index is 200. The first-order chi connectivity index (χ1) is 7.10. The smallest absolute Gasteiger partial charge is 0.330 e. The molecule has 98 valence electrons. The normalized spacial score (nSPS) is 15.6. The van der Waals surface area contributed by atoms with Gasteiger partial charge in [0.05, 0.1) is 12.5 Å². The summed E-state index contributed by atoms with van der Waals surface area (Å²) in [7, 11) is 0. The maximum absolute atomic E-state index is 12.3. The van der Waals surface area contributed by atoms with Crippen LogP contribution < -0.4 is 5.73 Å². The average molecular weight is 252 g/mol. The Morgan fingerprint density at radius 2 is 1.62 bits per heavy atom. The van der Waals surface area contributed by atoms with E-state index < -0.39 is 37.9 Å². The number of alkyl halides is 6. The van der Waals surface area contributed by atoms with Gasteiger partial charge in [0.2, 0.25) is 0 Å². The van der Waals surface area contributed by atoms with Crippen LogP contribution in [0.25, 0.3) is 0 Å². The van der Waals surface area contributed by atoms with E-state index in [4.69, 9.17) is 5.73 Å². The van der Waals surface area contributed by atoms with Gasteiger partial charge in [-0.15, -0.1) is 0 Å². The van der Waals surface area contributed by atoms with Crippen molar-refractivity contribution < 1.29 is 26.3 Å². The zero-order valence-electron chi connectivity index (χ0n) is 8.70. The lowest BCUT2D eigenvalue weighted by Gasteiger charge is -2.27. The molecule has 0 fully saturated rings. The van der Waals surface area contributed by atoms with E-state index in [9.17, 15) is 26.3 Å². The van der Waals surface area contributed by atoms with E-state index in [1.54, 1.807) is 0 Å². The summed E-state index contributed by atoms with van der Waals surface area (Å²) < 4.78 is 72.8. The number of rotatable bonds is 5. The van der Waals surface area contributed by atoms with Gasteiger partial charge in [0, 0.05) is 13.1 Å². The number of hydrogen-bond acceptors (Lipinski definition) is 2. The second-order valence-electron chi connectivity index (χ2n) is 3.42. The zero-order valence-corrected chi connectivity index (χ0v) is 8.70. The molecule has 1 unspecified atom stereocenters. The average Bonchev–Trinajstić information content (AvgIpc) is 2.07. The van der Waals surface area contributed by atoms with Crippen molar-refractivity contribution in [3.05, 3.63) is 0 Å². The van der Waals surface area contributed by atoms with Crippen molar-refractivity contribution in [1.29, 1.82) is 0 Å². The maximum Gasteiger partial charge on any atom is 0.401 e. The zero-order chi connectivity index (χ0) is 13.0. The number of hydrogen-bond donors (Lipinski definition) is 1. The number of halogens is 6. The van der Waals surface area contributed by atoms with Crippen LogP contribution in [0.5, 0.6) is 0 Å². The molecule has 16 heavy (non-hydrogen) atoms. The Morgan fingerprint density at radius 1 is 1.12 bits per heavy atom. The molecule has 0 aromatic carbocycles. The van der Waals surface area contributed by atoms with Crippen LogP contribution in [0.15, 0.2) is 0 Å². The lowest BCUT2D eigenvalue weighted by molar-refractivity contribution is -0.186. The minimum absolute atomic E-state index is 0.105. The van der Waals surface area contributed by atoms with Gasteiger partial charge in [-0.25, -0.2) is 0 Å². The number of nitrogens with two attached hydrogens (primary N) is 1. The molecule has 1 atom stereocenters. The van der Waals surface area contributed by atoms with Crippen molar-refractivity contribution in [1.82, 2.24) is 4.90 Å². The second kappa shape index (κ2) is 5.72. The van der Waals surface area contributed by atoms with Crippen molar-refractivity contribution in [2.45, 2.75) is 19.3 Å². The van der Waals surface area contributed by atoms with Crippen LogP contribution in [-0.2, 0) is 0 Å². The molecule has 2 N–H and O–H groups in total. The Morgan fingerprint density at radius 3 is 1.88 bits per heavy atom. The molecule has 0 aromatic heterocycles. The lowest BCUT2D eigenvalue weighted by Crippen LogP contribution is -2.44. The summed E-state index contributed by atoms with van der Waals surface area (Å²) in [6.45, 7) is -1.52. The van der Waals surface area contributed by atoms with E-state index in [0.29, 0.717) is 4.90 Å². The molecular weight excluding hydrogens is 238 g/mol. The molecule has 0 aromatic rings. The first-order valence-corrected chi connectivity index (χ1v) is 4.66. The molecule has 0 aliphatic carbocycles. The molecule has 0 amide bonds. The minimum Gasteiger partial charge on any atom is -0.330 e. The van der Waals surface area contributed by atoms with Crippen LogP contribution in [0.1, 0.15) is 6.92 Å². The Labute approximate surface area is 89.4 Å². The molecule has 0 bridgehead atoms. The minimum atomic E-state index is -4.56. The Balaban J connectivity index is 4.40. The summed E-state index contributed by atoms with van der Waals surface area (Å²) in [6, 6.07) is 0.